The molecule has 0 heterocycles. The fourth-order valence-corrected chi connectivity index (χ4v) is 0.561. The second kappa shape index (κ2) is 3.56. The van der Waals surface area contributed by atoms with Gasteiger partial charge >= 0.3 is 0 Å². The second-order valence-corrected chi connectivity index (χ2v) is 3.10. The molecule has 3 N–H and O–H groups in total. The smallest absolute Gasteiger partial charge is 0.217 e. The quantitative estimate of drug-likeness (QED) is 0.594. The number of hydrogen-bond acceptors (Lipinski definition) is 2. The van der Waals surface area contributed by atoms with Crippen molar-refractivity contribution in [3.05, 3.63) is 0 Å². The lowest BCUT2D eigenvalue weighted by molar-refractivity contribution is -0.118. The molecule has 0 atom stereocenters. The van der Waals surface area contributed by atoms with Crippen molar-refractivity contribution in [3.63, 3.8) is 0 Å². The largest absolute Gasteiger partial charge is 0.370 e. The lowest BCUT2D eigenvalue weighted by Crippen LogP contribution is -2.37. The average Bonchev–Trinajstić information content (AvgIpc) is 1.85. The van der Waals surface area contributed by atoms with Crippen molar-refractivity contribution in [1.82, 2.24) is 5.32 Å². The van der Waals surface area contributed by atoms with Crippen LogP contribution >= 0.6 is 0 Å². The predicted molar refractivity (Wildman–Crippen MR) is 41.6 cm³/mol. The summed E-state index contributed by atoms with van der Waals surface area (Å²) >= 11 is 0. The van der Waals surface area contributed by atoms with Gasteiger partial charge in [-0.1, -0.05) is 0 Å². The number of nitrogens with one attached hydrogen (secondary N) is 1. The summed E-state index contributed by atoms with van der Waals surface area (Å²) in [7, 11) is 1.88. The van der Waals surface area contributed by atoms with Crippen LogP contribution in [0, 0.1) is 0 Å². The highest BCUT2D eigenvalue weighted by Gasteiger charge is 2.14. The van der Waals surface area contributed by atoms with E-state index in [1.807, 2.05) is 20.9 Å². The van der Waals surface area contributed by atoms with E-state index in [9.17, 15) is 4.79 Å². The molecule has 0 unspecified atom stereocenters. The molecule has 10 heavy (non-hydrogen) atoms. The van der Waals surface area contributed by atoms with Gasteiger partial charge in [-0.3, -0.25) is 4.79 Å². The molecule has 3 heteroatoms. The first-order valence-electron chi connectivity index (χ1n) is 3.45. The van der Waals surface area contributed by atoms with Crippen LogP contribution in [-0.4, -0.2) is 18.5 Å². The van der Waals surface area contributed by atoms with E-state index in [-0.39, 0.29) is 11.4 Å². The van der Waals surface area contributed by atoms with Crippen LogP contribution in [0.3, 0.4) is 0 Å². The van der Waals surface area contributed by atoms with Gasteiger partial charge in [-0.05, 0) is 27.3 Å². The highest BCUT2D eigenvalue weighted by Crippen LogP contribution is 2.08. The summed E-state index contributed by atoms with van der Waals surface area (Å²) in [4.78, 5) is 10.4. The molecule has 0 fully saturated rings. The van der Waals surface area contributed by atoms with Crippen LogP contribution in [0.4, 0.5) is 0 Å². The van der Waals surface area contributed by atoms with E-state index in [2.05, 4.69) is 5.32 Å². The Balaban J connectivity index is 3.56. The van der Waals surface area contributed by atoms with Gasteiger partial charge in [-0.25, -0.2) is 0 Å². The first kappa shape index (κ1) is 9.43. The monoisotopic (exact) mass is 144 g/mol. The maximum atomic E-state index is 10.4. The highest BCUT2D eigenvalue weighted by atomic mass is 16.1. The van der Waals surface area contributed by atoms with Gasteiger partial charge in [-0.2, -0.15) is 0 Å². The Bertz CT molecular complexity index is 121. The molecule has 0 aliphatic heterocycles. The molecule has 0 spiro atoms. The minimum Gasteiger partial charge on any atom is -0.370 e. The SMILES string of the molecule is CNC(C)(C)CCC(N)=O. The van der Waals surface area contributed by atoms with E-state index in [4.69, 9.17) is 5.73 Å². The molecule has 0 aliphatic carbocycles. The lowest BCUT2D eigenvalue weighted by Gasteiger charge is -2.22. The van der Waals surface area contributed by atoms with E-state index < -0.39 is 0 Å². The summed E-state index contributed by atoms with van der Waals surface area (Å²) in [5.41, 5.74) is 5.01. The van der Waals surface area contributed by atoms with E-state index in [1.165, 1.54) is 0 Å². The number of rotatable bonds is 4. The standard InChI is InChI=1S/C7H16N2O/c1-7(2,9-3)5-4-6(8)10/h9H,4-5H2,1-3H3,(H2,8,10). The van der Waals surface area contributed by atoms with Crippen molar-refractivity contribution in [2.45, 2.75) is 32.2 Å². The zero-order valence-electron chi connectivity index (χ0n) is 6.90. The molecule has 3 nitrogen and oxygen atoms in total. The molecule has 0 rings (SSSR count). The minimum atomic E-state index is -0.233. The number of nitrogens with two attached hydrogens (primary N) is 1. The fraction of sp³-hybridized carbons (Fsp3) is 0.857. The second-order valence-electron chi connectivity index (χ2n) is 3.10. The first-order valence-corrected chi connectivity index (χ1v) is 3.45. The first-order chi connectivity index (χ1) is 4.48. The van der Waals surface area contributed by atoms with Crippen molar-refractivity contribution in [2.75, 3.05) is 7.05 Å². The van der Waals surface area contributed by atoms with Crippen LogP contribution in [0.25, 0.3) is 0 Å². The zero-order valence-corrected chi connectivity index (χ0v) is 6.90. The Morgan fingerprint density at radius 3 is 2.40 bits per heavy atom. The number of amides is 1. The number of primary amides is 1. The molecule has 0 aliphatic rings. The van der Waals surface area contributed by atoms with Crippen molar-refractivity contribution >= 4 is 5.91 Å². The van der Waals surface area contributed by atoms with Crippen molar-refractivity contribution in [3.8, 4) is 0 Å². The maximum Gasteiger partial charge on any atom is 0.217 e. The van der Waals surface area contributed by atoms with Crippen LogP contribution in [0.5, 0.6) is 0 Å². The topological polar surface area (TPSA) is 55.1 Å². The zero-order chi connectivity index (χ0) is 8.20. The van der Waals surface area contributed by atoms with E-state index in [1.54, 1.807) is 0 Å². The van der Waals surface area contributed by atoms with E-state index in [0.29, 0.717) is 6.42 Å². The average molecular weight is 144 g/mol. The molecule has 0 aromatic rings. The molecule has 0 saturated carbocycles. The summed E-state index contributed by atoms with van der Waals surface area (Å²) in [5.74, 6) is -0.233. The molecular weight excluding hydrogens is 128 g/mol. The van der Waals surface area contributed by atoms with Crippen LogP contribution in [0.15, 0.2) is 0 Å². The molecule has 1 amide bonds. The van der Waals surface area contributed by atoms with Gasteiger partial charge in [0.25, 0.3) is 0 Å². The van der Waals surface area contributed by atoms with Crippen molar-refractivity contribution in [2.24, 2.45) is 5.73 Å². The molecule has 0 bridgehead atoms. The third-order valence-electron chi connectivity index (χ3n) is 1.67. The number of carbonyl (C=O) groups excluding carboxylic acids is 1. The van der Waals surface area contributed by atoms with Crippen LogP contribution < -0.4 is 11.1 Å². The Hall–Kier alpha value is -0.570. The van der Waals surface area contributed by atoms with E-state index in [0.717, 1.165) is 6.42 Å². The molecule has 0 saturated heterocycles. The molecule has 0 radical (unpaired) electrons. The van der Waals surface area contributed by atoms with Gasteiger partial charge < -0.3 is 11.1 Å². The summed E-state index contributed by atoms with van der Waals surface area (Å²) in [6.07, 6.45) is 1.24. The molecular formula is C7H16N2O. The summed E-state index contributed by atoms with van der Waals surface area (Å²) < 4.78 is 0. The predicted octanol–water partition coefficient (Wildman–Crippen LogP) is 0.250. The Kier molecular flexibility index (Phi) is 3.36. The number of carbonyl (C=O) groups is 1. The van der Waals surface area contributed by atoms with Gasteiger partial charge in [0.2, 0.25) is 5.91 Å². The highest BCUT2D eigenvalue weighted by molar-refractivity contribution is 5.73. The van der Waals surface area contributed by atoms with Crippen LogP contribution in [0.2, 0.25) is 0 Å². The maximum absolute atomic E-state index is 10.4. The van der Waals surface area contributed by atoms with Gasteiger partial charge in [0.15, 0.2) is 0 Å². The third-order valence-corrected chi connectivity index (χ3v) is 1.67. The van der Waals surface area contributed by atoms with Crippen molar-refractivity contribution < 1.29 is 4.79 Å². The van der Waals surface area contributed by atoms with Crippen LogP contribution in [0.1, 0.15) is 26.7 Å². The summed E-state index contributed by atoms with van der Waals surface area (Å²) in [5, 5.41) is 3.09. The fourth-order valence-electron chi connectivity index (χ4n) is 0.561. The molecule has 0 aromatic carbocycles. The molecule has 0 aromatic heterocycles. The normalized spacial score (nSPS) is 11.5. The summed E-state index contributed by atoms with van der Waals surface area (Å²) in [6, 6.07) is 0. The van der Waals surface area contributed by atoms with E-state index >= 15 is 0 Å². The van der Waals surface area contributed by atoms with Gasteiger partial charge in [0.1, 0.15) is 0 Å². The lowest BCUT2D eigenvalue weighted by atomic mass is 9.99. The third kappa shape index (κ3) is 4.32. The molecule has 60 valence electrons. The minimum absolute atomic E-state index is 0.0228. The van der Waals surface area contributed by atoms with Crippen LogP contribution in [-0.2, 0) is 4.79 Å². The Morgan fingerprint density at radius 1 is 1.60 bits per heavy atom. The Labute approximate surface area is 62.0 Å². The van der Waals surface area contributed by atoms with Crippen molar-refractivity contribution in [1.29, 1.82) is 0 Å². The van der Waals surface area contributed by atoms with Gasteiger partial charge in [0, 0.05) is 12.0 Å². The van der Waals surface area contributed by atoms with Gasteiger partial charge in [-0.15, -0.1) is 0 Å². The Morgan fingerprint density at radius 2 is 2.10 bits per heavy atom. The van der Waals surface area contributed by atoms with Gasteiger partial charge in [0.05, 0.1) is 0 Å². The summed E-state index contributed by atoms with van der Waals surface area (Å²) in [6.45, 7) is 4.08. The number of hydrogen-bond donors (Lipinski definition) is 2.